The highest BCUT2D eigenvalue weighted by atomic mass is 16.5. The Kier molecular flexibility index (Phi) is 7.52. The average molecular weight is 213 g/mol. The predicted molar refractivity (Wildman–Crippen MR) is 61.8 cm³/mol. The van der Waals surface area contributed by atoms with Crippen LogP contribution in [0, 0.1) is 0 Å². The SMILES string of the molecule is NCCOCCOC1/C=C\CCCCC1. The van der Waals surface area contributed by atoms with Gasteiger partial charge in [0.05, 0.1) is 25.9 Å². The third-order valence-corrected chi connectivity index (χ3v) is 2.53. The van der Waals surface area contributed by atoms with Crippen LogP contribution in [0.15, 0.2) is 12.2 Å². The van der Waals surface area contributed by atoms with Gasteiger partial charge < -0.3 is 15.2 Å². The summed E-state index contributed by atoms with van der Waals surface area (Å²) < 4.78 is 11.0. The van der Waals surface area contributed by atoms with E-state index in [0.717, 1.165) is 6.42 Å². The molecule has 0 aromatic heterocycles. The van der Waals surface area contributed by atoms with E-state index in [4.69, 9.17) is 15.2 Å². The van der Waals surface area contributed by atoms with Crippen molar-refractivity contribution in [1.82, 2.24) is 0 Å². The van der Waals surface area contributed by atoms with Crippen LogP contribution in [-0.2, 0) is 9.47 Å². The van der Waals surface area contributed by atoms with Crippen molar-refractivity contribution in [3.63, 3.8) is 0 Å². The van der Waals surface area contributed by atoms with E-state index < -0.39 is 0 Å². The van der Waals surface area contributed by atoms with Crippen LogP contribution in [0.4, 0.5) is 0 Å². The van der Waals surface area contributed by atoms with Crippen molar-refractivity contribution in [1.29, 1.82) is 0 Å². The van der Waals surface area contributed by atoms with Crippen molar-refractivity contribution >= 4 is 0 Å². The molecule has 3 nitrogen and oxygen atoms in total. The maximum Gasteiger partial charge on any atom is 0.0757 e. The lowest BCUT2D eigenvalue weighted by atomic mass is 10.0. The highest BCUT2D eigenvalue weighted by molar-refractivity contribution is 4.91. The van der Waals surface area contributed by atoms with E-state index in [0.29, 0.717) is 32.5 Å². The lowest BCUT2D eigenvalue weighted by Crippen LogP contribution is -2.17. The van der Waals surface area contributed by atoms with Gasteiger partial charge in [-0.15, -0.1) is 0 Å². The fourth-order valence-corrected chi connectivity index (χ4v) is 1.71. The molecule has 1 unspecified atom stereocenters. The van der Waals surface area contributed by atoms with Gasteiger partial charge in [0.2, 0.25) is 0 Å². The van der Waals surface area contributed by atoms with Crippen molar-refractivity contribution in [2.45, 2.75) is 38.2 Å². The molecule has 0 saturated heterocycles. The second-order valence-electron chi connectivity index (χ2n) is 3.88. The average Bonchev–Trinajstić information content (AvgIpc) is 2.20. The molecule has 1 atom stereocenters. The maximum atomic E-state index is 5.71. The largest absolute Gasteiger partial charge is 0.378 e. The van der Waals surface area contributed by atoms with E-state index in [1.807, 2.05) is 0 Å². The van der Waals surface area contributed by atoms with Crippen LogP contribution >= 0.6 is 0 Å². The van der Waals surface area contributed by atoms with Crippen LogP contribution in [0.1, 0.15) is 32.1 Å². The number of hydrogen-bond donors (Lipinski definition) is 1. The zero-order valence-corrected chi connectivity index (χ0v) is 9.49. The van der Waals surface area contributed by atoms with E-state index in [1.165, 1.54) is 25.7 Å². The van der Waals surface area contributed by atoms with Gasteiger partial charge in [0.15, 0.2) is 0 Å². The van der Waals surface area contributed by atoms with Gasteiger partial charge in [0.25, 0.3) is 0 Å². The fraction of sp³-hybridized carbons (Fsp3) is 0.833. The maximum absolute atomic E-state index is 5.71. The second-order valence-corrected chi connectivity index (χ2v) is 3.88. The summed E-state index contributed by atoms with van der Waals surface area (Å²) in [6, 6.07) is 0. The summed E-state index contributed by atoms with van der Waals surface area (Å²) >= 11 is 0. The monoisotopic (exact) mass is 213 g/mol. The molecule has 0 amide bonds. The molecule has 3 heteroatoms. The number of allylic oxidation sites excluding steroid dienone is 1. The molecule has 0 bridgehead atoms. The molecule has 2 N–H and O–H groups in total. The highest BCUT2D eigenvalue weighted by Crippen LogP contribution is 2.13. The molecule has 0 aromatic rings. The minimum Gasteiger partial charge on any atom is -0.378 e. The van der Waals surface area contributed by atoms with Crippen LogP contribution in [0.2, 0.25) is 0 Å². The molecule has 0 aliphatic heterocycles. The van der Waals surface area contributed by atoms with Crippen molar-refractivity contribution in [3.05, 3.63) is 12.2 Å². The first-order chi connectivity index (χ1) is 7.43. The summed E-state index contributed by atoms with van der Waals surface area (Å²) in [6.07, 6.45) is 11.0. The van der Waals surface area contributed by atoms with Gasteiger partial charge in [-0.1, -0.05) is 25.0 Å². The number of nitrogens with two attached hydrogens (primary N) is 1. The van der Waals surface area contributed by atoms with Gasteiger partial charge in [0.1, 0.15) is 0 Å². The van der Waals surface area contributed by atoms with Crippen LogP contribution in [0.25, 0.3) is 0 Å². The molecule has 0 radical (unpaired) electrons. The molecule has 0 aromatic carbocycles. The standard InChI is InChI=1S/C12H23NO2/c13-8-9-14-10-11-15-12-6-4-2-1-3-5-7-12/h4,6,12H,1-3,5,7-11,13H2/b6-4-. The van der Waals surface area contributed by atoms with Crippen molar-refractivity contribution < 1.29 is 9.47 Å². The first kappa shape index (κ1) is 12.7. The first-order valence-electron chi connectivity index (χ1n) is 5.99. The normalized spacial score (nSPS) is 24.5. The Balaban J connectivity index is 2.05. The third kappa shape index (κ3) is 6.66. The zero-order valence-electron chi connectivity index (χ0n) is 9.49. The summed E-state index contributed by atoms with van der Waals surface area (Å²) in [7, 11) is 0. The van der Waals surface area contributed by atoms with E-state index >= 15 is 0 Å². The Bertz CT molecular complexity index is 171. The molecule has 0 fully saturated rings. The summed E-state index contributed by atoms with van der Waals surface area (Å²) in [5.74, 6) is 0. The van der Waals surface area contributed by atoms with Crippen LogP contribution in [-0.4, -0.2) is 32.5 Å². The lowest BCUT2D eigenvalue weighted by Gasteiger charge is -2.16. The van der Waals surface area contributed by atoms with E-state index in [9.17, 15) is 0 Å². The van der Waals surface area contributed by atoms with Crippen LogP contribution in [0.3, 0.4) is 0 Å². The van der Waals surface area contributed by atoms with Crippen LogP contribution < -0.4 is 5.73 Å². The van der Waals surface area contributed by atoms with Crippen LogP contribution in [0.5, 0.6) is 0 Å². The molecule has 1 aliphatic carbocycles. The fourth-order valence-electron chi connectivity index (χ4n) is 1.71. The molecular formula is C12H23NO2. The summed E-state index contributed by atoms with van der Waals surface area (Å²) in [5, 5.41) is 0. The molecule has 88 valence electrons. The molecule has 0 heterocycles. The van der Waals surface area contributed by atoms with Crippen molar-refractivity contribution in [3.8, 4) is 0 Å². The smallest absolute Gasteiger partial charge is 0.0757 e. The summed E-state index contributed by atoms with van der Waals surface area (Å²) in [6.45, 7) is 2.55. The number of hydrogen-bond acceptors (Lipinski definition) is 3. The van der Waals surface area contributed by atoms with E-state index in [-0.39, 0.29) is 0 Å². The highest BCUT2D eigenvalue weighted by Gasteiger charge is 2.06. The molecule has 0 saturated carbocycles. The first-order valence-corrected chi connectivity index (χ1v) is 5.99. The van der Waals surface area contributed by atoms with Gasteiger partial charge in [-0.25, -0.2) is 0 Å². The predicted octanol–water partition coefficient (Wildman–Crippen LogP) is 1.87. The number of ether oxygens (including phenoxy) is 2. The van der Waals surface area contributed by atoms with E-state index in [2.05, 4.69) is 12.2 Å². The molecular weight excluding hydrogens is 190 g/mol. The van der Waals surface area contributed by atoms with Gasteiger partial charge in [-0.2, -0.15) is 0 Å². The zero-order chi connectivity index (χ0) is 10.8. The van der Waals surface area contributed by atoms with Gasteiger partial charge >= 0.3 is 0 Å². The molecule has 15 heavy (non-hydrogen) atoms. The summed E-state index contributed by atoms with van der Waals surface area (Å²) in [5.41, 5.74) is 5.31. The Labute approximate surface area is 92.6 Å². The summed E-state index contributed by atoms with van der Waals surface area (Å²) in [4.78, 5) is 0. The minimum atomic E-state index is 0.298. The molecule has 0 spiro atoms. The van der Waals surface area contributed by atoms with Crippen molar-refractivity contribution in [2.24, 2.45) is 5.73 Å². The Hall–Kier alpha value is -0.380. The number of rotatable bonds is 6. The Morgan fingerprint density at radius 1 is 1.13 bits per heavy atom. The topological polar surface area (TPSA) is 44.5 Å². The Morgan fingerprint density at radius 3 is 2.93 bits per heavy atom. The van der Waals surface area contributed by atoms with E-state index in [1.54, 1.807) is 0 Å². The van der Waals surface area contributed by atoms with Crippen molar-refractivity contribution in [2.75, 3.05) is 26.4 Å². The van der Waals surface area contributed by atoms with Gasteiger partial charge in [-0.3, -0.25) is 0 Å². The van der Waals surface area contributed by atoms with Gasteiger partial charge in [-0.05, 0) is 19.3 Å². The molecule has 1 rings (SSSR count). The minimum absolute atomic E-state index is 0.298. The second kappa shape index (κ2) is 8.89. The Morgan fingerprint density at radius 2 is 2.07 bits per heavy atom. The third-order valence-electron chi connectivity index (χ3n) is 2.53. The molecule has 1 aliphatic rings. The lowest BCUT2D eigenvalue weighted by molar-refractivity contribution is 0.0212. The quantitative estimate of drug-likeness (QED) is 0.541. The van der Waals surface area contributed by atoms with Gasteiger partial charge in [0, 0.05) is 6.54 Å².